The van der Waals surface area contributed by atoms with Crippen molar-refractivity contribution < 1.29 is 9.13 Å². The fraction of sp³-hybridized carbons (Fsp3) is 0.600. The third kappa shape index (κ3) is 2.84. The molecular weight excluding hydrogens is 243 g/mol. The average Bonchev–Trinajstić information content (AvgIpc) is 2.47. The Kier molecular flexibility index (Phi) is 4.30. The highest BCUT2D eigenvalue weighted by atomic mass is 19.1. The van der Waals surface area contributed by atoms with Crippen LogP contribution in [0.4, 0.5) is 10.1 Å². The van der Waals surface area contributed by atoms with Crippen molar-refractivity contribution in [2.75, 3.05) is 31.6 Å². The molecule has 0 radical (unpaired) electrons. The van der Waals surface area contributed by atoms with Crippen LogP contribution in [0, 0.1) is 5.82 Å². The first-order valence-corrected chi connectivity index (χ1v) is 6.97. The first kappa shape index (κ1) is 14.1. The molecule has 0 spiro atoms. The molecule has 2 rings (SSSR count). The van der Waals surface area contributed by atoms with E-state index in [1.165, 1.54) is 12.1 Å². The van der Waals surface area contributed by atoms with Crippen LogP contribution >= 0.6 is 0 Å². The number of hydrogen-bond acceptors (Lipinski definition) is 3. The second kappa shape index (κ2) is 5.78. The number of rotatable bonds is 4. The van der Waals surface area contributed by atoms with Gasteiger partial charge in [-0.15, -0.1) is 0 Å². The normalized spacial score (nSPS) is 18.4. The second-order valence-electron chi connectivity index (χ2n) is 5.15. The standard InChI is InChI=1S/C15H23FN2O/c1-4-15(5-2)11-18(9-8-17-15)13-7-6-12(16)10-14(13)19-3/h6-7,10,17H,4-5,8-9,11H2,1-3H3. The van der Waals surface area contributed by atoms with Crippen LogP contribution in [0.15, 0.2) is 18.2 Å². The minimum absolute atomic E-state index is 0.150. The molecule has 0 unspecified atom stereocenters. The lowest BCUT2D eigenvalue weighted by Crippen LogP contribution is -2.60. The zero-order chi connectivity index (χ0) is 13.9. The van der Waals surface area contributed by atoms with Gasteiger partial charge < -0.3 is 15.0 Å². The molecule has 1 saturated heterocycles. The second-order valence-corrected chi connectivity index (χ2v) is 5.15. The van der Waals surface area contributed by atoms with E-state index in [0.29, 0.717) is 5.75 Å². The van der Waals surface area contributed by atoms with E-state index in [4.69, 9.17) is 4.74 Å². The molecular formula is C15H23FN2O. The molecule has 0 saturated carbocycles. The summed E-state index contributed by atoms with van der Waals surface area (Å²) in [6.07, 6.45) is 2.17. The zero-order valence-electron chi connectivity index (χ0n) is 12.0. The third-order valence-electron chi connectivity index (χ3n) is 4.21. The highest BCUT2D eigenvalue weighted by molar-refractivity contribution is 5.59. The maximum absolute atomic E-state index is 13.3. The molecule has 1 N–H and O–H groups in total. The van der Waals surface area contributed by atoms with E-state index < -0.39 is 0 Å². The van der Waals surface area contributed by atoms with E-state index >= 15 is 0 Å². The van der Waals surface area contributed by atoms with Gasteiger partial charge in [-0.3, -0.25) is 0 Å². The summed E-state index contributed by atoms with van der Waals surface area (Å²) in [4.78, 5) is 2.29. The number of ether oxygens (including phenoxy) is 1. The van der Waals surface area contributed by atoms with Gasteiger partial charge >= 0.3 is 0 Å². The summed E-state index contributed by atoms with van der Waals surface area (Å²) < 4.78 is 18.6. The van der Waals surface area contributed by atoms with E-state index in [1.807, 2.05) is 6.07 Å². The predicted molar refractivity (Wildman–Crippen MR) is 76.5 cm³/mol. The van der Waals surface area contributed by atoms with Gasteiger partial charge in [0.05, 0.1) is 12.8 Å². The number of methoxy groups -OCH3 is 1. The van der Waals surface area contributed by atoms with E-state index in [9.17, 15) is 4.39 Å². The van der Waals surface area contributed by atoms with Crippen molar-refractivity contribution in [3.63, 3.8) is 0 Å². The molecule has 19 heavy (non-hydrogen) atoms. The van der Waals surface area contributed by atoms with Crippen molar-refractivity contribution in [3.8, 4) is 5.75 Å². The number of anilines is 1. The Morgan fingerprint density at radius 3 is 2.74 bits per heavy atom. The Morgan fingerprint density at radius 2 is 2.11 bits per heavy atom. The molecule has 4 heteroatoms. The Balaban J connectivity index is 2.26. The van der Waals surface area contributed by atoms with Crippen LogP contribution in [0.25, 0.3) is 0 Å². The monoisotopic (exact) mass is 266 g/mol. The van der Waals surface area contributed by atoms with E-state index in [2.05, 4.69) is 24.1 Å². The topological polar surface area (TPSA) is 24.5 Å². The molecule has 1 heterocycles. The lowest BCUT2D eigenvalue weighted by atomic mass is 9.90. The molecule has 1 aliphatic heterocycles. The minimum atomic E-state index is -0.256. The molecule has 0 aromatic heterocycles. The third-order valence-corrected chi connectivity index (χ3v) is 4.21. The minimum Gasteiger partial charge on any atom is -0.494 e. The van der Waals surface area contributed by atoms with Crippen LogP contribution in [0.5, 0.6) is 5.75 Å². The summed E-state index contributed by atoms with van der Waals surface area (Å²) in [5.74, 6) is 0.357. The Labute approximate surface area is 114 Å². The maximum atomic E-state index is 13.3. The van der Waals surface area contributed by atoms with E-state index in [-0.39, 0.29) is 11.4 Å². The van der Waals surface area contributed by atoms with Crippen LogP contribution in [0.3, 0.4) is 0 Å². The molecule has 3 nitrogen and oxygen atoms in total. The molecule has 0 bridgehead atoms. The van der Waals surface area contributed by atoms with Crippen LogP contribution in [-0.2, 0) is 0 Å². The lowest BCUT2D eigenvalue weighted by molar-refractivity contribution is 0.276. The number of benzene rings is 1. The summed E-state index contributed by atoms with van der Waals surface area (Å²) in [5.41, 5.74) is 1.13. The zero-order valence-corrected chi connectivity index (χ0v) is 12.0. The van der Waals surface area contributed by atoms with Crippen molar-refractivity contribution in [2.24, 2.45) is 0 Å². The fourth-order valence-corrected chi connectivity index (χ4v) is 2.80. The maximum Gasteiger partial charge on any atom is 0.145 e. The Morgan fingerprint density at radius 1 is 1.37 bits per heavy atom. The van der Waals surface area contributed by atoms with Gasteiger partial charge in [0.2, 0.25) is 0 Å². The van der Waals surface area contributed by atoms with Gasteiger partial charge in [0.15, 0.2) is 0 Å². The molecule has 0 amide bonds. The highest BCUT2D eigenvalue weighted by Crippen LogP contribution is 2.32. The summed E-state index contributed by atoms with van der Waals surface area (Å²) in [5, 5.41) is 3.62. The molecule has 1 aromatic rings. The number of halogens is 1. The predicted octanol–water partition coefficient (Wildman–Crippen LogP) is 2.80. The van der Waals surface area contributed by atoms with Gasteiger partial charge in [-0.1, -0.05) is 13.8 Å². The largest absolute Gasteiger partial charge is 0.494 e. The van der Waals surface area contributed by atoms with Gasteiger partial charge in [0.25, 0.3) is 0 Å². The Hall–Kier alpha value is -1.29. The summed E-state index contributed by atoms with van der Waals surface area (Å²) in [6, 6.07) is 4.77. The summed E-state index contributed by atoms with van der Waals surface area (Å²) >= 11 is 0. The molecule has 1 aromatic carbocycles. The van der Waals surface area contributed by atoms with Gasteiger partial charge in [-0.2, -0.15) is 0 Å². The molecule has 0 atom stereocenters. The van der Waals surface area contributed by atoms with Crippen molar-refractivity contribution in [1.29, 1.82) is 0 Å². The van der Waals surface area contributed by atoms with Crippen LogP contribution in [-0.4, -0.2) is 32.3 Å². The molecule has 0 aliphatic carbocycles. The van der Waals surface area contributed by atoms with E-state index in [0.717, 1.165) is 38.2 Å². The average molecular weight is 266 g/mol. The SMILES string of the molecule is CCC1(CC)CN(c2ccc(F)cc2OC)CCN1. The number of hydrogen-bond donors (Lipinski definition) is 1. The van der Waals surface area contributed by atoms with Crippen molar-refractivity contribution in [1.82, 2.24) is 5.32 Å². The smallest absolute Gasteiger partial charge is 0.145 e. The van der Waals surface area contributed by atoms with Crippen LogP contribution in [0.2, 0.25) is 0 Å². The van der Waals surface area contributed by atoms with Gasteiger partial charge in [0, 0.05) is 31.2 Å². The molecule has 1 aliphatic rings. The first-order valence-electron chi connectivity index (χ1n) is 6.97. The van der Waals surface area contributed by atoms with Crippen molar-refractivity contribution in [2.45, 2.75) is 32.2 Å². The van der Waals surface area contributed by atoms with Crippen LogP contribution < -0.4 is 15.0 Å². The molecule has 1 fully saturated rings. The summed E-state index contributed by atoms with van der Waals surface area (Å²) in [7, 11) is 1.59. The number of nitrogens with zero attached hydrogens (tertiary/aromatic N) is 1. The quantitative estimate of drug-likeness (QED) is 0.907. The van der Waals surface area contributed by atoms with Crippen molar-refractivity contribution >= 4 is 5.69 Å². The van der Waals surface area contributed by atoms with Gasteiger partial charge in [0.1, 0.15) is 11.6 Å². The van der Waals surface area contributed by atoms with Gasteiger partial charge in [-0.05, 0) is 25.0 Å². The summed E-state index contributed by atoms with van der Waals surface area (Å²) in [6.45, 7) is 7.22. The lowest BCUT2D eigenvalue weighted by Gasteiger charge is -2.44. The number of piperazine rings is 1. The van der Waals surface area contributed by atoms with Crippen LogP contribution in [0.1, 0.15) is 26.7 Å². The highest BCUT2D eigenvalue weighted by Gasteiger charge is 2.32. The van der Waals surface area contributed by atoms with Gasteiger partial charge in [-0.25, -0.2) is 4.39 Å². The number of nitrogens with one attached hydrogen (secondary N) is 1. The first-order chi connectivity index (χ1) is 9.14. The Bertz CT molecular complexity index is 432. The van der Waals surface area contributed by atoms with E-state index in [1.54, 1.807) is 7.11 Å². The fourth-order valence-electron chi connectivity index (χ4n) is 2.80. The molecule has 106 valence electrons. The van der Waals surface area contributed by atoms with Crippen molar-refractivity contribution in [3.05, 3.63) is 24.0 Å².